The maximum Gasteiger partial charge on any atom is 0.272 e. The van der Waals surface area contributed by atoms with Gasteiger partial charge in [0.15, 0.2) is 0 Å². The Bertz CT molecular complexity index is 674. The van der Waals surface area contributed by atoms with Crippen LogP contribution in [-0.2, 0) is 0 Å². The van der Waals surface area contributed by atoms with Crippen LogP contribution < -0.4 is 0 Å². The molecule has 2 heterocycles. The van der Waals surface area contributed by atoms with Crippen LogP contribution in [0.2, 0.25) is 0 Å². The quantitative estimate of drug-likeness (QED) is 0.943. The highest BCUT2D eigenvalue weighted by Crippen LogP contribution is 2.23. The van der Waals surface area contributed by atoms with Crippen molar-refractivity contribution in [2.75, 3.05) is 26.2 Å². The lowest BCUT2D eigenvalue weighted by Gasteiger charge is -2.26. The summed E-state index contributed by atoms with van der Waals surface area (Å²) < 4.78 is 0. The van der Waals surface area contributed by atoms with Crippen LogP contribution in [0, 0.1) is 6.92 Å². The zero-order chi connectivity index (χ0) is 15.7. The number of aryl methyl sites for hydroxylation is 1. The Morgan fingerprint density at radius 2 is 2.18 bits per heavy atom. The monoisotopic (exact) mass is 300 g/mol. The lowest BCUT2D eigenvalue weighted by atomic mass is 10.1. The van der Waals surface area contributed by atoms with Gasteiger partial charge in [0.2, 0.25) is 0 Å². The minimum atomic E-state index is 0.0720. The summed E-state index contributed by atoms with van der Waals surface area (Å²) in [6.07, 6.45) is 1.05. The number of amides is 1. The Labute approximate surface area is 131 Å². The number of nitrogens with one attached hydrogen (secondary N) is 1. The highest BCUT2D eigenvalue weighted by Gasteiger charge is 2.31. The van der Waals surface area contributed by atoms with Crippen LogP contribution in [0.4, 0.5) is 0 Å². The van der Waals surface area contributed by atoms with E-state index in [-0.39, 0.29) is 5.91 Å². The topological polar surface area (TPSA) is 52.2 Å². The van der Waals surface area contributed by atoms with E-state index >= 15 is 0 Å². The minimum absolute atomic E-state index is 0.0720. The third kappa shape index (κ3) is 2.50. The predicted octanol–water partition coefficient (Wildman–Crippen LogP) is 2.43. The fourth-order valence-electron chi connectivity index (χ4n) is 3.47. The van der Waals surface area contributed by atoms with Crippen molar-refractivity contribution in [2.24, 2.45) is 0 Å². The standard InChI is InChI=1S/C17H24N4O/c1-4-20(5-2)13-9-10-21(11-13)17(22)16-14-8-6-7-12(3)15(14)18-19-16/h6-8,13H,4-5,9-11H2,1-3H3,(H,18,19). The molecule has 1 aliphatic rings. The van der Waals surface area contributed by atoms with Crippen LogP contribution >= 0.6 is 0 Å². The molecule has 1 amide bonds. The van der Waals surface area contributed by atoms with Crippen LogP contribution in [-0.4, -0.2) is 58.1 Å². The van der Waals surface area contributed by atoms with E-state index < -0.39 is 0 Å². The molecular formula is C17H24N4O. The van der Waals surface area contributed by atoms with E-state index in [1.807, 2.05) is 30.0 Å². The summed E-state index contributed by atoms with van der Waals surface area (Å²) in [5, 5.41) is 8.19. The first-order valence-corrected chi connectivity index (χ1v) is 8.12. The number of hydrogen-bond acceptors (Lipinski definition) is 3. The highest BCUT2D eigenvalue weighted by molar-refractivity contribution is 6.05. The molecule has 1 atom stereocenters. The second-order valence-electron chi connectivity index (χ2n) is 5.98. The van der Waals surface area contributed by atoms with Crippen molar-refractivity contribution in [1.29, 1.82) is 0 Å². The number of carbonyl (C=O) groups is 1. The van der Waals surface area contributed by atoms with E-state index in [4.69, 9.17) is 0 Å². The second-order valence-corrected chi connectivity index (χ2v) is 5.98. The minimum Gasteiger partial charge on any atom is -0.336 e. The van der Waals surface area contributed by atoms with E-state index in [0.717, 1.165) is 49.1 Å². The van der Waals surface area contributed by atoms with Gasteiger partial charge in [0.25, 0.3) is 5.91 Å². The zero-order valence-electron chi connectivity index (χ0n) is 13.6. The number of carbonyl (C=O) groups excluding carboxylic acids is 1. The molecule has 0 aliphatic carbocycles. The zero-order valence-corrected chi connectivity index (χ0v) is 13.6. The molecule has 1 fully saturated rings. The van der Waals surface area contributed by atoms with Gasteiger partial charge < -0.3 is 4.90 Å². The lowest BCUT2D eigenvalue weighted by molar-refractivity contribution is 0.0774. The van der Waals surface area contributed by atoms with E-state index in [9.17, 15) is 4.79 Å². The highest BCUT2D eigenvalue weighted by atomic mass is 16.2. The normalized spacial score (nSPS) is 18.5. The Hall–Kier alpha value is -1.88. The first-order chi connectivity index (χ1) is 10.7. The fraction of sp³-hybridized carbons (Fsp3) is 0.529. The average Bonchev–Trinajstić information content (AvgIpc) is 3.16. The number of fused-ring (bicyclic) bond motifs is 1. The number of aromatic nitrogens is 2. The van der Waals surface area contributed by atoms with Gasteiger partial charge in [-0.15, -0.1) is 0 Å². The molecule has 0 spiro atoms. The molecule has 1 saturated heterocycles. The molecule has 0 bridgehead atoms. The molecular weight excluding hydrogens is 276 g/mol. The molecule has 0 radical (unpaired) electrons. The van der Waals surface area contributed by atoms with Crippen molar-refractivity contribution in [1.82, 2.24) is 20.0 Å². The number of benzene rings is 1. The maximum absolute atomic E-state index is 12.8. The summed E-state index contributed by atoms with van der Waals surface area (Å²) in [4.78, 5) is 17.2. The maximum atomic E-state index is 12.8. The summed E-state index contributed by atoms with van der Waals surface area (Å²) in [7, 11) is 0. The Kier molecular flexibility index (Phi) is 4.16. The van der Waals surface area contributed by atoms with Gasteiger partial charge in [0, 0.05) is 24.5 Å². The number of aromatic amines is 1. The number of likely N-dealkylation sites (tertiary alicyclic amines) is 1. The van der Waals surface area contributed by atoms with Gasteiger partial charge in [-0.05, 0) is 32.0 Å². The predicted molar refractivity (Wildman–Crippen MR) is 88.1 cm³/mol. The van der Waals surface area contributed by atoms with Crippen LogP contribution in [0.1, 0.15) is 36.3 Å². The largest absolute Gasteiger partial charge is 0.336 e. The van der Waals surface area contributed by atoms with Crippen molar-refractivity contribution in [3.05, 3.63) is 29.5 Å². The van der Waals surface area contributed by atoms with Crippen LogP contribution in [0.25, 0.3) is 10.9 Å². The first-order valence-electron chi connectivity index (χ1n) is 8.12. The molecule has 1 aromatic heterocycles. The third-order valence-corrected chi connectivity index (χ3v) is 4.78. The molecule has 1 aromatic carbocycles. The average molecular weight is 300 g/mol. The Morgan fingerprint density at radius 3 is 2.91 bits per heavy atom. The molecule has 1 aliphatic heterocycles. The number of likely N-dealkylation sites (N-methyl/N-ethyl adjacent to an activating group) is 1. The van der Waals surface area contributed by atoms with Crippen molar-refractivity contribution in [3.63, 3.8) is 0 Å². The Balaban J connectivity index is 1.81. The van der Waals surface area contributed by atoms with Gasteiger partial charge in [-0.25, -0.2) is 0 Å². The van der Waals surface area contributed by atoms with Gasteiger partial charge >= 0.3 is 0 Å². The van der Waals surface area contributed by atoms with Crippen molar-refractivity contribution >= 4 is 16.8 Å². The smallest absolute Gasteiger partial charge is 0.272 e. The molecule has 1 unspecified atom stereocenters. The molecule has 5 heteroatoms. The van der Waals surface area contributed by atoms with E-state index in [0.29, 0.717) is 11.7 Å². The van der Waals surface area contributed by atoms with Gasteiger partial charge in [-0.1, -0.05) is 32.0 Å². The van der Waals surface area contributed by atoms with Crippen molar-refractivity contribution in [2.45, 2.75) is 33.2 Å². The second kappa shape index (κ2) is 6.08. The number of H-pyrrole nitrogens is 1. The number of para-hydroxylation sites is 1. The number of nitrogens with zero attached hydrogens (tertiary/aromatic N) is 3. The fourth-order valence-corrected chi connectivity index (χ4v) is 3.47. The first kappa shape index (κ1) is 15.0. The van der Waals surface area contributed by atoms with Gasteiger partial charge in [0.05, 0.1) is 5.52 Å². The summed E-state index contributed by atoms with van der Waals surface area (Å²) in [5.41, 5.74) is 2.61. The van der Waals surface area contributed by atoms with E-state index in [2.05, 4.69) is 28.9 Å². The number of hydrogen-bond donors (Lipinski definition) is 1. The van der Waals surface area contributed by atoms with Gasteiger partial charge in [0.1, 0.15) is 5.69 Å². The molecule has 1 N–H and O–H groups in total. The van der Waals surface area contributed by atoms with Gasteiger partial charge in [-0.2, -0.15) is 5.10 Å². The molecule has 5 nitrogen and oxygen atoms in total. The summed E-state index contributed by atoms with van der Waals surface area (Å²) in [6, 6.07) is 6.45. The summed E-state index contributed by atoms with van der Waals surface area (Å²) in [5.74, 6) is 0.0720. The van der Waals surface area contributed by atoms with Crippen LogP contribution in [0.5, 0.6) is 0 Å². The van der Waals surface area contributed by atoms with E-state index in [1.165, 1.54) is 0 Å². The van der Waals surface area contributed by atoms with Gasteiger partial charge in [-0.3, -0.25) is 14.8 Å². The van der Waals surface area contributed by atoms with Crippen molar-refractivity contribution in [3.8, 4) is 0 Å². The van der Waals surface area contributed by atoms with E-state index in [1.54, 1.807) is 0 Å². The molecule has 22 heavy (non-hydrogen) atoms. The van der Waals surface area contributed by atoms with Crippen LogP contribution in [0.3, 0.4) is 0 Å². The third-order valence-electron chi connectivity index (χ3n) is 4.78. The molecule has 3 rings (SSSR count). The molecule has 118 valence electrons. The lowest BCUT2D eigenvalue weighted by Crippen LogP contribution is -2.38. The summed E-state index contributed by atoms with van der Waals surface area (Å²) >= 11 is 0. The van der Waals surface area contributed by atoms with Crippen LogP contribution in [0.15, 0.2) is 18.2 Å². The summed E-state index contributed by atoms with van der Waals surface area (Å²) in [6.45, 7) is 10.1. The Morgan fingerprint density at radius 1 is 1.41 bits per heavy atom. The SMILES string of the molecule is CCN(CC)C1CCN(C(=O)c2[nH]nc3c(C)cccc23)C1. The molecule has 0 saturated carbocycles. The number of rotatable bonds is 4. The van der Waals surface area contributed by atoms with Crippen molar-refractivity contribution < 1.29 is 4.79 Å². The molecule has 2 aromatic rings.